The first kappa shape index (κ1) is 30.8. The maximum absolute atomic E-state index is 12.1. The first-order valence-corrected chi connectivity index (χ1v) is 14.1. The van der Waals surface area contributed by atoms with Crippen LogP contribution >= 0.6 is 11.6 Å². The molecule has 222 valence electrons. The number of hydrogen-bond donors (Lipinski definition) is 4. The van der Waals surface area contributed by atoms with Crippen LogP contribution in [0.15, 0.2) is 67.6 Å². The first-order valence-electron chi connectivity index (χ1n) is 13.7. The van der Waals surface area contributed by atoms with Gasteiger partial charge in [0.15, 0.2) is 5.82 Å². The number of carbonyl (C=O) groups is 1. The molecule has 0 bridgehead atoms. The van der Waals surface area contributed by atoms with Crippen molar-refractivity contribution in [1.29, 1.82) is 0 Å². The van der Waals surface area contributed by atoms with Crippen molar-refractivity contribution in [3.05, 3.63) is 78.2 Å². The molecule has 2 aromatic heterocycles. The van der Waals surface area contributed by atoms with E-state index < -0.39 is 5.60 Å². The maximum atomic E-state index is 12.1. The summed E-state index contributed by atoms with van der Waals surface area (Å²) in [6.07, 6.45) is 3.41. The number of hydrogen-bond acceptors (Lipinski definition) is 8. The second kappa shape index (κ2) is 13.7. The van der Waals surface area contributed by atoms with Gasteiger partial charge in [-0.1, -0.05) is 44.2 Å². The van der Waals surface area contributed by atoms with E-state index in [0.717, 1.165) is 16.6 Å². The van der Waals surface area contributed by atoms with Gasteiger partial charge in [0.1, 0.15) is 23.3 Å². The standard InChI is InChI=1S/C31H37ClN6O4/c1-20(2)18-41-37-21(3)22-7-6-8-24(15-22)42-27-10-9-23(16-25(27)32)36-30-29-26(34-19-35-30)11-13-38(29)14-12-33-28(39)17-31(4,5)40/h6-11,13,15-16,19-20,37,40H,3,12,14,17-18H2,1-2,4-5H3,(H,33,39)(H,34,35,36). The number of benzene rings is 2. The lowest BCUT2D eigenvalue weighted by Crippen LogP contribution is -2.33. The number of aromatic nitrogens is 3. The summed E-state index contributed by atoms with van der Waals surface area (Å²) in [6, 6.07) is 14.8. The summed E-state index contributed by atoms with van der Waals surface area (Å²) in [4.78, 5) is 26.4. The number of aliphatic hydroxyl groups is 1. The molecule has 4 rings (SSSR count). The molecule has 0 saturated carbocycles. The number of nitrogens with one attached hydrogen (secondary N) is 3. The number of halogens is 1. The monoisotopic (exact) mass is 592 g/mol. The first-order chi connectivity index (χ1) is 20.0. The second-order valence-corrected chi connectivity index (χ2v) is 11.4. The molecule has 1 amide bonds. The van der Waals surface area contributed by atoms with Gasteiger partial charge in [0.25, 0.3) is 0 Å². The fourth-order valence-electron chi connectivity index (χ4n) is 4.11. The van der Waals surface area contributed by atoms with Crippen molar-refractivity contribution in [2.24, 2.45) is 5.92 Å². The van der Waals surface area contributed by atoms with Crippen molar-refractivity contribution in [3.8, 4) is 11.5 Å². The number of anilines is 2. The van der Waals surface area contributed by atoms with Crippen LogP contribution in [0.3, 0.4) is 0 Å². The normalized spacial score (nSPS) is 11.5. The molecule has 0 unspecified atom stereocenters. The third-order valence-electron chi connectivity index (χ3n) is 6.04. The Morgan fingerprint density at radius 1 is 1.17 bits per heavy atom. The summed E-state index contributed by atoms with van der Waals surface area (Å²) in [5.74, 6) is 1.87. The van der Waals surface area contributed by atoms with Gasteiger partial charge in [0.05, 0.1) is 34.9 Å². The largest absolute Gasteiger partial charge is 0.456 e. The molecule has 10 nitrogen and oxygen atoms in total. The van der Waals surface area contributed by atoms with E-state index in [1.54, 1.807) is 26.0 Å². The molecule has 0 aliphatic heterocycles. The number of amides is 1. The number of fused-ring (bicyclic) bond motifs is 1. The van der Waals surface area contributed by atoms with E-state index >= 15 is 0 Å². The Morgan fingerprint density at radius 2 is 1.98 bits per heavy atom. The highest BCUT2D eigenvalue weighted by molar-refractivity contribution is 6.32. The van der Waals surface area contributed by atoms with Gasteiger partial charge in [-0.05, 0) is 56.2 Å². The second-order valence-electron chi connectivity index (χ2n) is 11.0. The van der Waals surface area contributed by atoms with Crippen molar-refractivity contribution in [2.45, 2.75) is 46.3 Å². The Bertz CT molecular complexity index is 1550. The summed E-state index contributed by atoms with van der Waals surface area (Å²) >= 11 is 6.61. The fourth-order valence-corrected chi connectivity index (χ4v) is 4.33. The number of ether oxygens (including phenoxy) is 1. The molecular weight excluding hydrogens is 556 g/mol. The van der Waals surface area contributed by atoms with Crippen LogP contribution in [0.2, 0.25) is 5.02 Å². The zero-order valence-electron chi connectivity index (χ0n) is 24.3. The Labute approximate surface area is 250 Å². The molecule has 42 heavy (non-hydrogen) atoms. The summed E-state index contributed by atoms with van der Waals surface area (Å²) in [6.45, 7) is 12.8. The molecule has 11 heteroatoms. The van der Waals surface area contributed by atoms with E-state index in [0.29, 0.717) is 59.3 Å². The Balaban J connectivity index is 1.42. The van der Waals surface area contributed by atoms with Crippen LogP contribution in [0.25, 0.3) is 16.7 Å². The predicted octanol–water partition coefficient (Wildman–Crippen LogP) is 6.05. The van der Waals surface area contributed by atoms with Crippen LogP contribution < -0.4 is 20.9 Å². The molecule has 4 N–H and O–H groups in total. The minimum Gasteiger partial charge on any atom is -0.456 e. The minimum atomic E-state index is -1.06. The Kier molecular flexibility index (Phi) is 10.1. The molecule has 0 aliphatic rings. The highest BCUT2D eigenvalue weighted by atomic mass is 35.5. The summed E-state index contributed by atoms with van der Waals surface area (Å²) in [5, 5.41) is 16.4. The van der Waals surface area contributed by atoms with Gasteiger partial charge in [-0.15, -0.1) is 0 Å². The van der Waals surface area contributed by atoms with Crippen LogP contribution in [-0.4, -0.2) is 44.3 Å². The van der Waals surface area contributed by atoms with E-state index in [1.165, 1.54) is 6.33 Å². The molecule has 2 aromatic carbocycles. The van der Waals surface area contributed by atoms with Gasteiger partial charge in [0.2, 0.25) is 5.91 Å². The van der Waals surface area contributed by atoms with Crippen LogP contribution in [0.4, 0.5) is 11.5 Å². The smallest absolute Gasteiger partial charge is 0.222 e. The van der Waals surface area contributed by atoms with E-state index in [1.807, 2.05) is 47.2 Å². The third-order valence-corrected chi connectivity index (χ3v) is 6.33. The van der Waals surface area contributed by atoms with Crippen molar-refractivity contribution >= 4 is 45.7 Å². The zero-order chi connectivity index (χ0) is 30.3. The highest BCUT2D eigenvalue weighted by Gasteiger charge is 2.18. The van der Waals surface area contributed by atoms with Crippen molar-refractivity contribution in [3.63, 3.8) is 0 Å². The van der Waals surface area contributed by atoms with Gasteiger partial charge in [0, 0.05) is 30.5 Å². The Hall–Kier alpha value is -4.12. The van der Waals surface area contributed by atoms with Crippen LogP contribution in [0, 0.1) is 5.92 Å². The van der Waals surface area contributed by atoms with E-state index in [-0.39, 0.29) is 12.3 Å². The lowest BCUT2D eigenvalue weighted by Gasteiger charge is -2.16. The minimum absolute atomic E-state index is 0.0289. The number of rotatable bonds is 14. The number of hydroxylamine groups is 1. The van der Waals surface area contributed by atoms with Gasteiger partial charge < -0.3 is 25.0 Å². The third kappa shape index (κ3) is 8.69. The van der Waals surface area contributed by atoms with Gasteiger partial charge in [-0.2, -0.15) is 0 Å². The lowest BCUT2D eigenvalue weighted by atomic mass is 10.1. The molecule has 0 atom stereocenters. The summed E-state index contributed by atoms with van der Waals surface area (Å²) in [7, 11) is 0. The quantitative estimate of drug-likeness (QED) is 0.131. The van der Waals surface area contributed by atoms with Gasteiger partial charge in [-0.3, -0.25) is 15.1 Å². The average molecular weight is 593 g/mol. The highest BCUT2D eigenvalue weighted by Crippen LogP contribution is 2.34. The van der Waals surface area contributed by atoms with Crippen molar-refractivity contribution in [1.82, 2.24) is 25.3 Å². The number of carbonyl (C=O) groups excluding carboxylic acids is 1. The van der Waals surface area contributed by atoms with E-state index in [2.05, 4.69) is 46.5 Å². The summed E-state index contributed by atoms with van der Waals surface area (Å²) < 4.78 is 8.03. The topological polar surface area (TPSA) is 123 Å². The molecule has 4 aromatic rings. The van der Waals surface area contributed by atoms with E-state index in [4.69, 9.17) is 21.2 Å². The lowest BCUT2D eigenvalue weighted by molar-refractivity contribution is -0.124. The molecule has 0 radical (unpaired) electrons. The molecule has 0 spiro atoms. The van der Waals surface area contributed by atoms with Gasteiger partial charge in [-0.25, -0.2) is 9.97 Å². The maximum Gasteiger partial charge on any atom is 0.222 e. The molecular formula is C31H37ClN6O4. The molecule has 0 aliphatic carbocycles. The molecule has 0 fully saturated rings. The predicted molar refractivity (Wildman–Crippen MR) is 166 cm³/mol. The van der Waals surface area contributed by atoms with E-state index in [9.17, 15) is 9.90 Å². The average Bonchev–Trinajstić information content (AvgIpc) is 3.33. The van der Waals surface area contributed by atoms with Gasteiger partial charge >= 0.3 is 0 Å². The van der Waals surface area contributed by atoms with Crippen molar-refractivity contribution in [2.75, 3.05) is 18.5 Å². The fraction of sp³-hybridized carbons (Fsp3) is 0.323. The number of nitrogens with zero attached hydrogens (tertiary/aromatic N) is 3. The molecule has 0 saturated heterocycles. The molecule has 2 heterocycles. The van der Waals surface area contributed by atoms with Crippen LogP contribution in [0.5, 0.6) is 11.5 Å². The zero-order valence-corrected chi connectivity index (χ0v) is 25.0. The Morgan fingerprint density at radius 3 is 2.71 bits per heavy atom. The van der Waals surface area contributed by atoms with Crippen LogP contribution in [0.1, 0.15) is 39.7 Å². The summed E-state index contributed by atoms with van der Waals surface area (Å²) in [5.41, 5.74) is 5.54. The SMILES string of the molecule is C=C(NOCC(C)C)c1cccc(Oc2ccc(Nc3ncnc4ccn(CCNC(=O)CC(C)(C)O)c34)cc2Cl)c1. The van der Waals surface area contributed by atoms with Crippen LogP contribution in [-0.2, 0) is 16.2 Å². The van der Waals surface area contributed by atoms with Crippen molar-refractivity contribution < 1.29 is 19.5 Å².